The summed E-state index contributed by atoms with van der Waals surface area (Å²) in [4.78, 5) is 11.8. The Bertz CT molecular complexity index is 424. The predicted molar refractivity (Wildman–Crippen MR) is 66.8 cm³/mol. The van der Waals surface area contributed by atoms with Crippen molar-refractivity contribution in [3.05, 3.63) is 34.9 Å². The first kappa shape index (κ1) is 12.1. The van der Waals surface area contributed by atoms with E-state index in [0.29, 0.717) is 6.04 Å². The molecule has 0 radical (unpaired) electrons. The van der Waals surface area contributed by atoms with Crippen molar-refractivity contribution < 1.29 is 9.53 Å². The van der Waals surface area contributed by atoms with Crippen molar-refractivity contribution in [2.45, 2.75) is 38.8 Å². The molecule has 0 aromatic heterocycles. The highest BCUT2D eigenvalue weighted by molar-refractivity contribution is 5.78. The quantitative estimate of drug-likeness (QED) is 0.811. The van der Waals surface area contributed by atoms with Crippen LogP contribution in [0.1, 0.15) is 35.6 Å². The number of carbonyl (C=O) groups excluding carboxylic acids is 1. The first-order valence-corrected chi connectivity index (χ1v) is 6.03. The van der Waals surface area contributed by atoms with Crippen molar-refractivity contribution in [2.75, 3.05) is 7.11 Å². The highest BCUT2D eigenvalue weighted by Gasteiger charge is 2.30. The zero-order valence-corrected chi connectivity index (χ0v) is 10.6. The van der Waals surface area contributed by atoms with Crippen molar-refractivity contribution in [3.63, 3.8) is 0 Å². The number of nitrogens with one attached hydrogen (secondary N) is 1. The number of benzene rings is 1. The topological polar surface area (TPSA) is 38.3 Å². The molecule has 1 saturated carbocycles. The van der Waals surface area contributed by atoms with Crippen LogP contribution in [0.3, 0.4) is 0 Å². The van der Waals surface area contributed by atoms with Gasteiger partial charge in [0.2, 0.25) is 0 Å². The van der Waals surface area contributed by atoms with E-state index in [9.17, 15) is 4.79 Å². The molecule has 2 rings (SSSR count). The second-order valence-corrected chi connectivity index (χ2v) is 4.76. The lowest BCUT2D eigenvalue weighted by molar-refractivity contribution is -0.143. The average Bonchev–Trinajstić information content (AvgIpc) is 3.10. The Labute approximate surface area is 102 Å². The summed E-state index contributed by atoms with van der Waals surface area (Å²) in [5, 5.41) is 3.34. The molecule has 0 spiro atoms. The SMILES string of the molecule is COC(=O)C(NC1CC1)c1ccc(C)cc1C. The van der Waals surface area contributed by atoms with E-state index in [1.165, 1.54) is 12.7 Å². The van der Waals surface area contributed by atoms with Crippen LogP contribution in [0.25, 0.3) is 0 Å². The molecule has 0 aliphatic heterocycles. The molecule has 0 heterocycles. The summed E-state index contributed by atoms with van der Waals surface area (Å²) in [7, 11) is 1.44. The Morgan fingerprint density at radius 1 is 1.41 bits per heavy atom. The molecule has 1 unspecified atom stereocenters. The Kier molecular flexibility index (Phi) is 3.48. The fourth-order valence-corrected chi connectivity index (χ4v) is 2.04. The van der Waals surface area contributed by atoms with E-state index in [4.69, 9.17) is 4.74 Å². The van der Waals surface area contributed by atoms with Gasteiger partial charge in [-0.2, -0.15) is 0 Å². The normalized spacial score (nSPS) is 16.6. The van der Waals surface area contributed by atoms with Gasteiger partial charge in [0, 0.05) is 6.04 Å². The van der Waals surface area contributed by atoms with Gasteiger partial charge >= 0.3 is 5.97 Å². The zero-order valence-electron chi connectivity index (χ0n) is 10.6. The Morgan fingerprint density at radius 3 is 2.65 bits per heavy atom. The highest BCUT2D eigenvalue weighted by atomic mass is 16.5. The van der Waals surface area contributed by atoms with Crippen LogP contribution in [0.15, 0.2) is 18.2 Å². The van der Waals surface area contributed by atoms with Crippen LogP contribution >= 0.6 is 0 Å². The van der Waals surface area contributed by atoms with E-state index in [1.54, 1.807) is 0 Å². The third kappa shape index (κ3) is 2.86. The smallest absolute Gasteiger partial charge is 0.327 e. The van der Waals surface area contributed by atoms with E-state index in [1.807, 2.05) is 19.1 Å². The van der Waals surface area contributed by atoms with E-state index in [-0.39, 0.29) is 12.0 Å². The van der Waals surface area contributed by atoms with Gasteiger partial charge in [0.25, 0.3) is 0 Å². The summed E-state index contributed by atoms with van der Waals surface area (Å²) in [6, 6.07) is 6.29. The van der Waals surface area contributed by atoms with Crippen LogP contribution in [0, 0.1) is 13.8 Å². The van der Waals surface area contributed by atoms with Gasteiger partial charge in [0.1, 0.15) is 6.04 Å². The molecule has 0 saturated heterocycles. The zero-order chi connectivity index (χ0) is 12.4. The maximum absolute atomic E-state index is 11.8. The third-order valence-electron chi connectivity index (χ3n) is 3.15. The fourth-order valence-electron chi connectivity index (χ4n) is 2.04. The van der Waals surface area contributed by atoms with Crippen molar-refractivity contribution >= 4 is 5.97 Å². The standard InChI is InChI=1S/C14H19NO2/c1-9-4-7-12(10(2)8-9)13(14(16)17-3)15-11-5-6-11/h4,7-8,11,13,15H,5-6H2,1-3H3. The Morgan fingerprint density at radius 2 is 2.12 bits per heavy atom. The minimum Gasteiger partial charge on any atom is -0.468 e. The summed E-state index contributed by atoms with van der Waals surface area (Å²) in [5.41, 5.74) is 3.36. The summed E-state index contributed by atoms with van der Waals surface area (Å²) in [5.74, 6) is -0.205. The maximum atomic E-state index is 11.8. The molecule has 1 aliphatic rings. The lowest BCUT2D eigenvalue weighted by Gasteiger charge is -2.18. The lowest BCUT2D eigenvalue weighted by atomic mass is 9.99. The molecule has 1 N–H and O–H groups in total. The number of aryl methyl sites for hydroxylation is 2. The fraction of sp³-hybridized carbons (Fsp3) is 0.500. The minimum absolute atomic E-state index is 0.205. The van der Waals surface area contributed by atoms with Crippen LogP contribution < -0.4 is 5.32 Å². The Hall–Kier alpha value is -1.35. The molecule has 1 atom stereocenters. The Balaban J connectivity index is 2.26. The molecular weight excluding hydrogens is 214 g/mol. The maximum Gasteiger partial charge on any atom is 0.327 e. The number of carbonyl (C=O) groups is 1. The second-order valence-electron chi connectivity index (χ2n) is 4.76. The number of esters is 1. The summed E-state index contributed by atoms with van der Waals surface area (Å²) >= 11 is 0. The molecule has 1 aliphatic carbocycles. The largest absolute Gasteiger partial charge is 0.468 e. The summed E-state index contributed by atoms with van der Waals surface area (Å²) in [6.07, 6.45) is 2.30. The number of hydrogen-bond donors (Lipinski definition) is 1. The predicted octanol–water partition coefficient (Wildman–Crippen LogP) is 2.27. The van der Waals surface area contributed by atoms with Crippen LogP contribution in [-0.4, -0.2) is 19.1 Å². The first-order valence-electron chi connectivity index (χ1n) is 6.03. The monoisotopic (exact) mass is 233 g/mol. The van der Waals surface area contributed by atoms with Crippen LogP contribution in [-0.2, 0) is 9.53 Å². The van der Waals surface area contributed by atoms with Gasteiger partial charge < -0.3 is 4.74 Å². The number of rotatable bonds is 4. The molecule has 92 valence electrons. The van der Waals surface area contributed by atoms with Crippen molar-refractivity contribution in [1.82, 2.24) is 5.32 Å². The molecule has 0 bridgehead atoms. The van der Waals surface area contributed by atoms with Gasteiger partial charge in [-0.1, -0.05) is 23.8 Å². The number of methoxy groups -OCH3 is 1. The number of ether oxygens (including phenoxy) is 1. The van der Waals surface area contributed by atoms with Crippen LogP contribution in [0.5, 0.6) is 0 Å². The molecule has 1 aromatic rings. The van der Waals surface area contributed by atoms with Gasteiger partial charge in [0.15, 0.2) is 0 Å². The van der Waals surface area contributed by atoms with Gasteiger partial charge in [-0.3, -0.25) is 5.32 Å². The van der Waals surface area contributed by atoms with Crippen molar-refractivity contribution in [2.24, 2.45) is 0 Å². The molecule has 17 heavy (non-hydrogen) atoms. The van der Waals surface area contributed by atoms with E-state index in [0.717, 1.165) is 24.0 Å². The highest BCUT2D eigenvalue weighted by Crippen LogP contribution is 2.27. The van der Waals surface area contributed by atoms with Gasteiger partial charge in [-0.25, -0.2) is 4.79 Å². The molecular formula is C14H19NO2. The van der Waals surface area contributed by atoms with Gasteiger partial charge in [-0.05, 0) is 37.8 Å². The third-order valence-corrected chi connectivity index (χ3v) is 3.15. The van der Waals surface area contributed by atoms with Crippen LogP contribution in [0.4, 0.5) is 0 Å². The molecule has 3 heteroatoms. The van der Waals surface area contributed by atoms with Crippen LogP contribution in [0.2, 0.25) is 0 Å². The minimum atomic E-state index is -0.326. The van der Waals surface area contributed by atoms with Crippen molar-refractivity contribution in [3.8, 4) is 0 Å². The van der Waals surface area contributed by atoms with E-state index < -0.39 is 0 Å². The van der Waals surface area contributed by atoms with Crippen molar-refractivity contribution in [1.29, 1.82) is 0 Å². The van der Waals surface area contributed by atoms with Gasteiger partial charge in [0.05, 0.1) is 7.11 Å². The molecule has 3 nitrogen and oxygen atoms in total. The molecule has 1 fully saturated rings. The summed E-state index contributed by atoms with van der Waals surface area (Å²) < 4.78 is 4.88. The lowest BCUT2D eigenvalue weighted by Crippen LogP contribution is -2.31. The van der Waals surface area contributed by atoms with E-state index in [2.05, 4.69) is 18.3 Å². The average molecular weight is 233 g/mol. The molecule has 1 aromatic carbocycles. The van der Waals surface area contributed by atoms with Gasteiger partial charge in [-0.15, -0.1) is 0 Å². The second kappa shape index (κ2) is 4.88. The number of hydrogen-bond acceptors (Lipinski definition) is 3. The molecule has 0 amide bonds. The first-order chi connectivity index (χ1) is 8.11. The van der Waals surface area contributed by atoms with E-state index >= 15 is 0 Å². The summed E-state index contributed by atoms with van der Waals surface area (Å²) in [6.45, 7) is 4.09.